The molecule has 3 aromatic rings. The van der Waals surface area contributed by atoms with Gasteiger partial charge in [-0.05, 0) is 44.1 Å². The predicted octanol–water partition coefficient (Wildman–Crippen LogP) is 3.79. The minimum atomic E-state index is 0.363. The van der Waals surface area contributed by atoms with Crippen molar-refractivity contribution in [2.24, 2.45) is 0 Å². The van der Waals surface area contributed by atoms with Crippen LogP contribution in [0.5, 0.6) is 0 Å². The molecule has 3 N–H and O–H groups in total. The van der Waals surface area contributed by atoms with E-state index in [2.05, 4.69) is 31.8 Å². The highest BCUT2D eigenvalue weighted by molar-refractivity contribution is 7.17. The van der Waals surface area contributed by atoms with Crippen LogP contribution in [-0.4, -0.2) is 49.7 Å². The van der Waals surface area contributed by atoms with E-state index in [1.54, 1.807) is 11.3 Å². The third-order valence-electron chi connectivity index (χ3n) is 5.96. The molecular formula is C20H24N8S. The minimum Gasteiger partial charge on any atom is -0.351 e. The molecular weight excluding hydrogens is 384 g/mol. The number of anilines is 3. The summed E-state index contributed by atoms with van der Waals surface area (Å²) in [5.74, 6) is 2.21. The van der Waals surface area contributed by atoms with Crippen LogP contribution in [0, 0.1) is 18.3 Å². The molecule has 5 rings (SSSR count). The molecule has 2 saturated heterocycles. The van der Waals surface area contributed by atoms with E-state index >= 15 is 0 Å². The van der Waals surface area contributed by atoms with Gasteiger partial charge in [0.25, 0.3) is 0 Å². The maximum Gasteiger partial charge on any atom is 0.225 e. The van der Waals surface area contributed by atoms with Gasteiger partial charge in [-0.25, -0.2) is 4.98 Å². The summed E-state index contributed by atoms with van der Waals surface area (Å²) >= 11 is 1.63. The second-order valence-corrected chi connectivity index (χ2v) is 8.85. The number of piperidine rings is 1. The van der Waals surface area contributed by atoms with Crippen LogP contribution in [0.25, 0.3) is 10.2 Å². The lowest BCUT2D eigenvalue weighted by Gasteiger charge is -2.38. The Balaban J connectivity index is 1.34. The van der Waals surface area contributed by atoms with Gasteiger partial charge >= 0.3 is 0 Å². The van der Waals surface area contributed by atoms with E-state index in [1.165, 1.54) is 12.8 Å². The number of hydrogen-bond donors (Lipinski definition) is 3. The number of thiophene rings is 1. The molecule has 3 aromatic heterocycles. The molecule has 0 saturated carbocycles. The van der Waals surface area contributed by atoms with Gasteiger partial charge in [-0.15, -0.1) is 11.3 Å². The van der Waals surface area contributed by atoms with Gasteiger partial charge in [0.2, 0.25) is 5.95 Å². The van der Waals surface area contributed by atoms with E-state index in [0.717, 1.165) is 46.9 Å². The molecule has 2 bridgehead atoms. The summed E-state index contributed by atoms with van der Waals surface area (Å²) in [4.78, 5) is 12.1. The molecule has 0 aromatic carbocycles. The van der Waals surface area contributed by atoms with E-state index in [-0.39, 0.29) is 0 Å². The highest BCUT2D eigenvalue weighted by Crippen LogP contribution is 2.37. The molecule has 3 atom stereocenters. The summed E-state index contributed by atoms with van der Waals surface area (Å²) < 4.78 is 1.03. The van der Waals surface area contributed by atoms with Crippen molar-refractivity contribution in [3.8, 4) is 6.07 Å². The lowest BCUT2D eigenvalue weighted by atomic mass is 9.97. The van der Waals surface area contributed by atoms with Crippen LogP contribution in [0.4, 0.5) is 17.6 Å². The Labute approximate surface area is 173 Å². The fourth-order valence-corrected chi connectivity index (χ4v) is 5.51. The second kappa shape index (κ2) is 7.61. The van der Waals surface area contributed by atoms with Crippen molar-refractivity contribution in [2.75, 3.05) is 17.2 Å². The molecule has 5 heterocycles. The fraction of sp³-hybridized carbons (Fsp3) is 0.500. The number of nitrogens with one attached hydrogen (secondary N) is 3. The Morgan fingerprint density at radius 2 is 2.14 bits per heavy atom. The maximum absolute atomic E-state index is 8.92. The van der Waals surface area contributed by atoms with Gasteiger partial charge in [0.05, 0.1) is 16.3 Å². The molecule has 0 spiro atoms. The standard InChI is InChI=1S/C20H24N8S/c1-12-9-17(27-26-12)24-19-18-16(5-8-29-18)23-20(25-19)22-13-10-14-3-4-15(11-13)28(14)7-2-6-21/h5,8-9,13-15H,2-4,7,10-11H2,1H3,(H3,22,23,24,25,26,27)/t13-,14-,15+. The molecule has 0 radical (unpaired) electrons. The highest BCUT2D eigenvalue weighted by atomic mass is 32.1. The minimum absolute atomic E-state index is 0.363. The number of fused-ring (bicyclic) bond motifs is 3. The highest BCUT2D eigenvalue weighted by Gasteiger charge is 2.40. The molecule has 0 amide bonds. The van der Waals surface area contributed by atoms with Crippen molar-refractivity contribution in [2.45, 2.75) is 57.2 Å². The average Bonchev–Trinajstić information content (AvgIpc) is 3.39. The Bertz CT molecular complexity index is 1040. The van der Waals surface area contributed by atoms with Crippen molar-refractivity contribution in [3.63, 3.8) is 0 Å². The van der Waals surface area contributed by atoms with Crippen LogP contribution in [0.2, 0.25) is 0 Å². The van der Waals surface area contributed by atoms with Gasteiger partial charge in [0, 0.05) is 42.9 Å². The Morgan fingerprint density at radius 3 is 2.86 bits per heavy atom. The largest absolute Gasteiger partial charge is 0.351 e. The number of aryl methyl sites for hydroxylation is 1. The van der Waals surface area contributed by atoms with Crippen LogP contribution in [0.1, 0.15) is 37.8 Å². The van der Waals surface area contributed by atoms with Crippen molar-refractivity contribution in [1.29, 1.82) is 5.26 Å². The summed E-state index contributed by atoms with van der Waals surface area (Å²) in [5, 5.41) is 25.1. The third-order valence-corrected chi connectivity index (χ3v) is 6.87. The number of aromatic nitrogens is 4. The van der Waals surface area contributed by atoms with E-state index in [9.17, 15) is 0 Å². The average molecular weight is 409 g/mol. The van der Waals surface area contributed by atoms with Gasteiger partial charge in [-0.2, -0.15) is 15.3 Å². The van der Waals surface area contributed by atoms with Gasteiger partial charge in [-0.3, -0.25) is 10.00 Å². The normalized spacial score (nSPS) is 23.9. The predicted molar refractivity (Wildman–Crippen MR) is 114 cm³/mol. The molecule has 0 aliphatic carbocycles. The molecule has 0 unspecified atom stereocenters. The molecule has 150 valence electrons. The molecule has 8 nitrogen and oxygen atoms in total. The lowest BCUT2D eigenvalue weighted by Crippen LogP contribution is -2.47. The van der Waals surface area contributed by atoms with E-state index in [1.807, 2.05) is 24.4 Å². The van der Waals surface area contributed by atoms with E-state index < -0.39 is 0 Å². The Kier molecular flexibility index (Phi) is 4.81. The zero-order valence-corrected chi connectivity index (χ0v) is 17.2. The SMILES string of the molecule is Cc1cc(Nc2nc(N[C@@H]3C[C@H]4CC[C@@H](C3)N4CCC#N)nc3ccsc23)n[nH]1. The number of nitrogens with zero attached hydrogens (tertiary/aromatic N) is 5. The molecule has 2 aliphatic heterocycles. The number of aromatic amines is 1. The van der Waals surface area contributed by atoms with Crippen LogP contribution < -0.4 is 10.6 Å². The van der Waals surface area contributed by atoms with Crippen molar-refractivity contribution in [1.82, 2.24) is 25.1 Å². The smallest absolute Gasteiger partial charge is 0.225 e. The zero-order valence-electron chi connectivity index (χ0n) is 16.4. The van der Waals surface area contributed by atoms with Crippen LogP contribution in [0.3, 0.4) is 0 Å². The van der Waals surface area contributed by atoms with Gasteiger partial charge in [-0.1, -0.05) is 0 Å². The van der Waals surface area contributed by atoms with Crippen LogP contribution in [0.15, 0.2) is 17.5 Å². The monoisotopic (exact) mass is 408 g/mol. The number of nitriles is 1. The van der Waals surface area contributed by atoms with E-state index in [4.69, 9.17) is 15.2 Å². The summed E-state index contributed by atoms with van der Waals surface area (Å²) in [5.41, 5.74) is 1.94. The summed E-state index contributed by atoms with van der Waals surface area (Å²) in [6, 6.07) is 7.77. The summed E-state index contributed by atoms with van der Waals surface area (Å²) in [7, 11) is 0. The summed E-state index contributed by atoms with van der Waals surface area (Å²) in [6.45, 7) is 2.87. The first kappa shape index (κ1) is 18.3. The Morgan fingerprint density at radius 1 is 1.31 bits per heavy atom. The van der Waals surface area contributed by atoms with Crippen LogP contribution in [-0.2, 0) is 0 Å². The topological polar surface area (TPSA) is 106 Å². The van der Waals surface area contributed by atoms with Gasteiger partial charge < -0.3 is 10.6 Å². The summed E-state index contributed by atoms with van der Waals surface area (Å²) in [6.07, 6.45) is 5.22. The first-order chi connectivity index (χ1) is 14.2. The molecule has 2 aliphatic rings. The molecule has 9 heteroatoms. The third kappa shape index (κ3) is 3.66. The van der Waals surface area contributed by atoms with Gasteiger partial charge in [0.15, 0.2) is 11.6 Å². The van der Waals surface area contributed by atoms with Gasteiger partial charge in [0.1, 0.15) is 0 Å². The number of H-pyrrole nitrogens is 1. The van der Waals surface area contributed by atoms with Crippen molar-refractivity contribution < 1.29 is 0 Å². The first-order valence-corrected chi connectivity index (χ1v) is 11.0. The van der Waals surface area contributed by atoms with Crippen molar-refractivity contribution >= 4 is 39.1 Å². The van der Waals surface area contributed by atoms with Crippen molar-refractivity contribution in [3.05, 3.63) is 23.2 Å². The quantitative estimate of drug-likeness (QED) is 0.570. The molecule has 2 fully saturated rings. The fourth-order valence-electron chi connectivity index (χ4n) is 4.73. The van der Waals surface area contributed by atoms with Crippen LogP contribution >= 0.6 is 11.3 Å². The maximum atomic E-state index is 8.92. The zero-order chi connectivity index (χ0) is 19.8. The van der Waals surface area contributed by atoms with E-state index in [0.29, 0.717) is 30.5 Å². The number of rotatable bonds is 6. The molecule has 29 heavy (non-hydrogen) atoms. The lowest BCUT2D eigenvalue weighted by molar-refractivity contribution is 0.135. The number of hydrogen-bond acceptors (Lipinski definition) is 8. The second-order valence-electron chi connectivity index (χ2n) is 7.94. The Hall–Kier alpha value is -2.70. The first-order valence-electron chi connectivity index (χ1n) is 10.1.